The molecule has 0 saturated carbocycles. The molecule has 0 bridgehead atoms. The maximum absolute atomic E-state index is 5.92. The van der Waals surface area contributed by atoms with E-state index in [2.05, 4.69) is 18.7 Å². The third-order valence-electron chi connectivity index (χ3n) is 3.36. The molecule has 5 heteroatoms. The van der Waals surface area contributed by atoms with Crippen LogP contribution >= 0.6 is 0 Å². The van der Waals surface area contributed by atoms with Gasteiger partial charge in [0.05, 0.1) is 6.61 Å². The predicted molar refractivity (Wildman–Crippen MR) is 80.4 cm³/mol. The Morgan fingerprint density at radius 2 is 1.85 bits per heavy atom. The van der Waals surface area contributed by atoms with Gasteiger partial charge in [0.25, 0.3) is 0 Å². The van der Waals surface area contributed by atoms with E-state index < -0.39 is 14.3 Å². The molecule has 0 atom stereocenters. The number of hydrogen-bond acceptors (Lipinski definition) is 4. The summed E-state index contributed by atoms with van der Waals surface area (Å²) in [6, 6.07) is 6.15. The zero-order valence-electron chi connectivity index (χ0n) is 13.0. The molecular weight excluding hydrogens is 272 g/mol. The summed E-state index contributed by atoms with van der Waals surface area (Å²) in [5.74, 6) is 0.323. The van der Waals surface area contributed by atoms with Crippen LogP contribution in [0.2, 0.25) is 6.55 Å². The lowest BCUT2D eigenvalue weighted by molar-refractivity contribution is -0.180. The van der Waals surface area contributed by atoms with E-state index in [1.165, 1.54) is 0 Å². The number of rotatable bonds is 5. The van der Waals surface area contributed by atoms with Crippen LogP contribution in [0.1, 0.15) is 33.3 Å². The molecule has 2 rings (SSSR count). The van der Waals surface area contributed by atoms with Gasteiger partial charge in [0.1, 0.15) is 5.75 Å². The van der Waals surface area contributed by atoms with Gasteiger partial charge in [-0.2, -0.15) is 0 Å². The van der Waals surface area contributed by atoms with Gasteiger partial charge in [0.15, 0.2) is 0 Å². The fourth-order valence-electron chi connectivity index (χ4n) is 2.38. The Morgan fingerprint density at radius 1 is 1.20 bits per heavy atom. The first-order valence-corrected chi connectivity index (χ1v) is 9.46. The van der Waals surface area contributed by atoms with E-state index in [-0.39, 0.29) is 0 Å². The second kappa shape index (κ2) is 5.85. The Balaban J connectivity index is 2.30. The molecule has 0 unspecified atom stereocenters. The molecule has 1 heterocycles. The highest BCUT2D eigenvalue weighted by Gasteiger charge is 2.35. The molecule has 1 aromatic rings. The zero-order valence-corrected chi connectivity index (χ0v) is 14.0. The van der Waals surface area contributed by atoms with E-state index in [4.69, 9.17) is 18.3 Å². The molecule has 20 heavy (non-hydrogen) atoms. The largest absolute Gasteiger partial charge is 0.463 e. The summed E-state index contributed by atoms with van der Waals surface area (Å²) in [5, 5.41) is 1.12. The summed E-state index contributed by atoms with van der Waals surface area (Å²) >= 11 is 0. The molecule has 0 spiro atoms. The first kappa shape index (κ1) is 15.5. The van der Waals surface area contributed by atoms with Gasteiger partial charge in [-0.05, 0) is 37.7 Å². The maximum atomic E-state index is 5.92. The fourth-order valence-corrected chi connectivity index (χ4v) is 4.72. The Labute approximate surface area is 122 Å². The molecule has 1 aliphatic heterocycles. The topological polar surface area (TPSA) is 36.9 Å². The van der Waals surface area contributed by atoms with Crippen LogP contribution in [0.5, 0.6) is 5.75 Å². The Morgan fingerprint density at radius 3 is 2.45 bits per heavy atom. The fraction of sp³-hybridized carbons (Fsp3) is 0.600. The van der Waals surface area contributed by atoms with Gasteiger partial charge in [-0.25, -0.2) is 0 Å². The highest BCUT2D eigenvalue weighted by molar-refractivity contribution is 6.80. The summed E-state index contributed by atoms with van der Waals surface area (Å²) in [5.41, 5.74) is 1.06. The minimum atomic E-state index is -2.33. The number of benzene rings is 1. The van der Waals surface area contributed by atoms with E-state index in [1.807, 2.05) is 33.8 Å². The average Bonchev–Trinajstić information content (AvgIpc) is 2.37. The monoisotopic (exact) mass is 296 g/mol. The van der Waals surface area contributed by atoms with Crippen molar-refractivity contribution in [3.8, 4) is 5.75 Å². The minimum Gasteiger partial charge on any atom is -0.463 e. The summed E-state index contributed by atoms with van der Waals surface area (Å²) < 4.78 is 23.4. The summed E-state index contributed by atoms with van der Waals surface area (Å²) in [4.78, 5) is 0. The van der Waals surface area contributed by atoms with Gasteiger partial charge >= 0.3 is 8.56 Å². The van der Waals surface area contributed by atoms with Crippen molar-refractivity contribution < 1.29 is 18.3 Å². The first-order valence-electron chi connectivity index (χ1n) is 7.14. The molecule has 0 aliphatic carbocycles. The van der Waals surface area contributed by atoms with Crippen molar-refractivity contribution in [1.82, 2.24) is 0 Å². The van der Waals surface area contributed by atoms with E-state index in [0.717, 1.165) is 16.5 Å². The second-order valence-electron chi connectivity index (χ2n) is 5.42. The lowest BCUT2D eigenvalue weighted by Gasteiger charge is -2.34. The molecule has 112 valence electrons. The van der Waals surface area contributed by atoms with Crippen molar-refractivity contribution in [1.29, 1.82) is 0 Å². The maximum Gasteiger partial charge on any atom is 0.369 e. The van der Waals surface area contributed by atoms with Crippen LogP contribution in [0.25, 0.3) is 0 Å². The van der Waals surface area contributed by atoms with Crippen LogP contribution in [0, 0.1) is 0 Å². The van der Waals surface area contributed by atoms with Crippen molar-refractivity contribution >= 4 is 13.7 Å². The normalized spacial score (nSPS) is 17.4. The van der Waals surface area contributed by atoms with Gasteiger partial charge in [0, 0.05) is 32.6 Å². The summed E-state index contributed by atoms with van der Waals surface area (Å²) in [6.45, 7) is 11.8. The van der Waals surface area contributed by atoms with Gasteiger partial charge in [0.2, 0.25) is 5.79 Å². The van der Waals surface area contributed by atoms with Crippen LogP contribution in [0.4, 0.5) is 0 Å². The van der Waals surface area contributed by atoms with Crippen LogP contribution in [0.3, 0.4) is 0 Å². The third-order valence-corrected chi connectivity index (χ3v) is 6.39. The van der Waals surface area contributed by atoms with Gasteiger partial charge < -0.3 is 18.3 Å². The Hall–Kier alpha value is -0.883. The molecule has 0 radical (unpaired) electrons. The number of ether oxygens (including phenoxy) is 2. The number of fused-ring (bicyclic) bond motifs is 1. The molecule has 0 N–H and O–H groups in total. The molecule has 0 aromatic heterocycles. The van der Waals surface area contributed by atoms with E-state index >= 15 is 0 Å². The Kier molecular flexibility index (Phi) is 4.54. The summed E-state index contributed by atoms with van der Waals surface area (Å²) in [7, 11) is -2.33. The molecule has 1 aromatic carbocycles. The molecular formula is C15H24O4Si. The average molecular weight is 296 g/mol. The van der Waals surface area contributed by atoms with Crippen molar-refractivity contribution in [3.63, 3.8) is 0 Å². The lowest BCUT2D eigenvalue weighted by atomic mass is 10.2. The SMILES string of the molecule is CCO[Si](C)(OCC)c1ccc2c(c1)COC(C)(C)O2. The lowest BCUT2D eigenvalue weighted by Crippen LogP contribution is -2.51. The van der Waals surface area contributed by atoms with Gasteiger partial charge in [-0.3, -0.25) is 0 Å². The van der Waals surface area contributed by atoms with E-state index in [1.54, 1.807) is 0 Å². The number of hydrogen-bond donors (Lipinski definition) is 0. The molecule has 0 amide bonds. The molecule has 0 fully saturated rings. The van der Waals surface area contributed by atoms with Crippen LogP contribution in [-0.4, -0.2) is 27.6 Å². The van der Waals surface area contributed by atoms with Crippen molar-refractivity contribution in [2.45, 2.75) is 46.6 Å². The van der Waals surface area contributed by atoms with Crippen LogP contribution in [0.15, 0.2) is 18.2 Å². The van der Waals surface area contributed by atoms with Crippen LogP contribution in [-0.2, 0) is 20.2 Å². The van der Waals surface area contributed by atoms with Crippen molar-refractivity contribution in [2.24, 2.45) is 0 Å². The summed E-state index contributed by atoms with van der Waals surface area (Å²) in [6.07, 6.45) is 0. The smallest absolute Gasteiger partial charge is 0.369 e. The standard InChI is InChI=1S/C15H24O4Si/c1-6-17-20(5,18-7-2)13-8-9-14-12(10-13)11-16-15(3,4)19-14/h8-10H,6-7,11H2,1-5H3. The zero-order chi connectivity index (χ0) is 14.8. The molecule has 1 aliphatic rings. The quantitative estimate of drug-likeness (QED) is 0.783. The highest BCUT2D eigenvalue weighted by Crippen LogP contribution is 2.30. The first-order chi connectivity index (χ1) is 9.40. The minimum absolute atomic E-state index is 0.554. The second-order valence-corrected chi connectivity index (χ2v) is 8.47. The van der Waals surface area contributed by atoms with E-state index in [9.17, 15) is 0 Å². The highest BCUT2D eigenvalue weighted by atomic mass is 28.4. The van der Waals surface area contributed by atoms with Crippen molar-refractivity contribution in [2.75, 3.05) is 13.2 Å². The molecule has 0 saturated heterocycles. The van der Waals surface area contributed by atoms with E-state index in [0.29, 0.717) is 19.8 Å². The van der Waals surface area contributed by atoms with Crippen LogP contribution < -0.4 is 9.92 Å². The van der Waals surface area contributed by atoms with Gasteiger partial charge in [-0.15, -0.1) is 0 Å². The van der Waals surface area contributed by atoms with Gasteiger partial charge in [-0.1, -0.05) is 6.07 Å². The molecule has 4 nitrogen and oxygen atoms in total. The third kappa shape index (κ3) is 3.23. The predicted octanol–water partition coefficient (Wildman–Crippen LogP) is 2.68. The van der Waals surface area contributed by atoms with Crippen molar-refractivity contribution in [3.05, 3.63) is 23.8 Å². The Bertz CT molecular complexity index is 467.